The van der Waals surface area contributed by atoms with Crippen LogP contribution >= 0.6 is 0 Å². The standard InChI is InChI=1S/C32H27N5O7S/c1-18-8-7-12-24(19(18)2)35-31(40)27(36-37-30(39)23-11-5-6-13-25(23)45(33,42)43)26(28(38)20-14-16-34-17-15-20)29-21-9-3-4-10-22(21)32(41)44-29/h3-17,26,29H,1-2H3,(H,35,40)(H,37,39)(H2,33,42,43)/b36-27+/t26-,29-/m1/s1. The van der Waals surface area contributed by atoms with E-state index in [1.807, 2.05) is 13.0 Å². The Bertz CT molecular complexity index is 1980. The number of nitrogens with zero attached hydrogens (tertiary/aromatic N) is 2. The molecule has 0 saturated carbocycles. The fraction of sp³-hybridized carbons (Fsp3) is 0.125. The third-order valence-electron chi connectivity index (χ3n) is 7.37. The number of aryl methyl sites for hydroxylation is 1. The number of sulfonamides is 1. The van der Waals surface area contributed by atoms with E-state index in [1.165, 1.54) is 48.8 Å². The lowest BCUT2D eigenvalue weighted by atomic mass is 9.84. The highest BCUT2D eigenvalue weighted by atomic mass is 32.2. The second-order valence-electron chi connectivity index (χ2n) is 10.2. The molecule has 0 bridgehead atoms. The van der Waals surface area contributed by atoms with Gasteiger partial charge in [-0.3, -0.25) is 19.4 Å². The second-order valence-corrected chi connectivity index (χ2v) is 11.7. The minimum Gasteiger partial charge on any atom is -0.453 e. The van der Waals surface area contributed by atoms with E-state index < -0.39 is 56.2 Å². The molecule has 0 fully saturated rings. The number of Topliss-reactive ketones (excluding diaryl/α,β-unsaturated/α-hetero) is 1. The minimum absolute atomic E-state index is 0.133. The maximum Gasteiger partial charge on any atom is 0.339 e. The van der Waals surface area contributed by atoms with Crippen LogP contribution in [0.2, 0.25) is 0 Å². The first-order valence-corrected chi connectivity index (χ1v) is 15.1. The number of hydrogen-bond donors (Lipinski definition) is 3. The second kappa shape index (κ2) is 12.6. The molecule has 1 aliphatic rings. The topological polar surface area (TPSA) is 187 Å². The van der Waals surface area contributed by atoms with E-state index in [4.69, 9.17) is 9.88 Å². The number of amides is 2. The predicted octanol–water partition coefficient (Wildman–Crippen LogP) is 3.48. The van der Waals surface area contributed by atoms with Gasteiger partial charge in [0.2, 0.25) is 10.0 Å². The Morgan fingerprint density at radius 1 is 0.933 bits per heavy atom. The molecule has 45 heavy (non-hydrogen) atoms. The number of nitrogens with two attached hydrogens (primary N) is 1. The molecule has 4 aromatic rings. The first kappa shape index (κ1) is 30.9. The van der Waals surface area contributed by atoms with Gasteiger partial charge >= 0.3 is 5.97 Å². The number of hydrazone groups is 1. The van der Waals surface area contributed by atoms with Crippen LogP contribution in [-0.2, 0) is 19.6 Å². The molecule has 4 N–H and O–H groups in total. The fourth-order valence-corrected chi connectivity index (χ4v) is 5.67. The fourth-order valence-electron chi connectivity index (χ4n) is 4.93. The van der Waals surface area contributed by atoms with Gasteiger partial charge in [-0.25, -0.2) is 23.8 Å². The van der Waals surface area contributed by atoms with Crippen LogP contribution in [0.3, 0.4) is 0 Å². The number of ketones is 1. The predicted molar refractivity (Wildman–Crippen MR) is 164 cm³/mol. The minimum atomic E-state index is -4.31. The monoisotopic (exact) mass is 625 g/mol. The zero-order valence-corrected chi connectivity index (χ0v) is 24.9. The molecule has 0 saturated heterocycles. The van der Waals surface area contributed by atoms with Gasteiger partial charge in [-0.2, -0.15) is 5.10 Å². The average molecular weight is 626 g/mol. The van der Waals surface area contributed by atoms with Crippen molar-refractivity contribution < 1.29 is 32.3 Å². The van der Waals surface area contributed by atoms with Crippen LogP contribution in [0.25, 0.3) is 0 Å². The number of fused-ring (bicyclic) bond motifs is 1. The maximum absolute atomic E-state index is 14.2. The van der Waals surface area contributed by atoms with Crippen molar-refractivity contribution in [1.29, 1.82) is 0 Å². The number of carbonyl (C=O) groups excluding carboxylic acids is 4. The SMILES string of the molecule is Cc1cccc(NC(=O)/C(=N/NC(=O)c2ccccc2S(N)(=O)=O)[C@H](C(=O)c2ccncc2)[C@@H]2OC(=O)c3ccccc32)c1C. The van der Waals surface area contributed by atoms with E-state index in [0.717, 1.165) is 17.2 Å². The Labute approximate surface area is 258 Å². The first-order valence-electron chi connectivity index (χ1n) is 13.6. The third-order valence-corrected chi connectivity index (χ3v) is 8.34. The molecular formula is C32H27N5O7S. The summed E-state index contributed by atoms with van der Waals surface area (Å²) in [6.07, 6.45) is 1.47. The summed E-state index contributed by atoms with van der Waals surface area (Å²) in [6, 6.07) is 19.7. The van der Waals surface area contributed by atoms with Crippen molar-refractivity contribution in [2.45, 2.75) is 24.8 Å². The molecular weight excluding hydrogens is 598 g/mol. The van der Waals surface area contributed by atoms with Gasteiger partial charge in [0.15, 0.2) is 5.78 Å². The van der Waals surface area contributed by atoms with Gasteiger partial charge in [-0.1, -0.05) is 42.5 Å². The maximum atomic E-state index is 14.2. The molecule has 1 aromatic heterocycles. The van der Waals surface area contributed by atoms with Crippen LogP contribution in [-0.4, -0.2) is 42.7 Å². The largest absolute Gasteiger partial charge is 0.453 e. The lowest BCUT2D eigenvalue weighted by Crippen LogP contribution is -2.40. The highest BCUT2D eigenvalue weighted by Gasteiger charge is 2.45. The lowest BCUT2D eigenvalue weighted by Gasteiger charge is -2.24. The number of benzene rings is 3. The van der Waals surface area contributed by atoms with Crippen molar-refractivity contribution in [1.82, 2.24) is 10.4 Å². The van der Waals surface area contributed by atoms with Crippen molar-refractivity contribution >= 4 is 45.0 Å². The van der Waals surface area contributed by atoms with E-state index in [-0.39, 0.29) is 16.7 Å². The number of pyridine rings is 1. The number of rotatable bonds is 9. The first-order chi connectivity index (χ1) is 21.5. The van der Waals surface area contributed by atoms with Crippen molar-refractivity contribution in [2.24, 2.45) is 16.2 Å². The highest BCUT2D eigenvalue weighted by molar-refractivity contribution is 7.89. The highest BCUT2D eigenvalue weighted by Crippen LogP contribution is 2.38. The van der Waals surface area contributed by atoms with Gasteiger partial charge in [0.05, 0.1) is 16.0 Å². The van der Waals surface area contributed by atoms with Crippen molar-refractivity contribution in [3.63, 3.8) is 0 Å². The Hall–Kier alpha value is -5.53. The van der Waals surface area contributed by atoms with Crippen molar-refractivity contribution in [3.05, 3.63) is 125 Å². The van der Waals surface area contributed by atoms with E-state index >= 15 is 0 Å². The zero-order valence-electron chi connectivity index (χ0n) is 24.1. The van der Waals surface area contributed by atoms with Gasteiger partial charge in [0.1, 0.15) is 17.7 Å². The van der Waals surface area contributed by atoms with Crippen molar-refractivity contribution in [3.8, 4) is 0 Å². The van der Waals surface area contributed by atoms with E-state index in [9.17, 15) is 27.6 Å². The molecule has 228 valence electrons. The number of primary sulfonamides is 1. The van der Waals surface area contributed by atoms with E-state index in [0.29, 0.717) is 11.3 Å². The average Bonchev–Trinajstić information content (AvgIpc) is 3.36. The quantitative estimate of drug-likeness (QED) is 0.109. The van der Waals surface area contributed by atoms with Crippen LogP contribution in [0.15, 0.2) is 101 Å². The zero-order chi connectivity index (χ0) is 32.3. The summed E-state index contributed by atoms with van der Waals surface area (Å²) in [5.74, 6) is -4.81. The van der Waals surface area contributed by atoms with Crippen LogP contribution in [0.5, 0.6) is 0 Å². The normalized spacial score (nSPS) is 15.0. The molecule has 0 radical (unpaired) electrons. The molecule has 13 heteroatoms. The summed E-state index contributed by atoms with van der Waals surface area (Å²) >= 11 is 0. The molecule has 0 unspecified atom stereocenters. The summed E-state index contributed by atoms with van der Waals surface area (Å²) in [6.45, 7) is 3.65. The smallest absolute Gasteiger partial charge is 0.339 e. The summed E-state index contributed by atoms with van der Waals surface area (Å²) in [4.78, 5) is 57.9. The lowest BCUT2D eigenvalue weighted by molar-refractivity contribution is -0.110. The molecule has 3 aromatic carbocycles. The van der Waals surface area contributed by atoms with Crippen LogP contribution in [0.1, 0.15) is 53.9 Å². The number of carbonyl (C=O) groups is 4. The van der Waals surface area contributed by atoms with Gasteiger partial charge in [0, 0.05) is 29.2 Å². The molecule has 5 rings (SSSR count). The number of nitrogens with one attached hydrogen (secondary N) is 2. The molecule has 1 aliphatic heterocycles. The summed E-state index contributed by atoms with van der Waals surface area (Å²) in [5, 5.41) is 12.2. The van der Waals surface area contributed by atoms with Crippen LogP contribution < -0.4 is 15.9 Å². The number of aromatic nitrogens is 1. The molecule has 0 spiro atoms. The van der Waals surface area contributed by atoms with Gasteiger partial charge in [-0.15, -0.1) is 0 Å². The van der Waals surface area contributed by atoms with Gasteiger partial charge in [-0.05, 0) is 61.4 Å². The molecule has 2 amide bonds. The molecule has 12 nitrogen and oxygen atoms in total. The van der Waals surface area contributed by atoms with E-state index in [1.54, 1.807) is 37.3 Å². The van der Waals surface area contributed by atoms with Gasteiger partial charge in [0.25, 0.3) is 11.8 Å². The van der Waals surface area contributed by atoms with Crippen molar-refractivity contribution in [2.75, 3.05) is 5.32 Å². The van der Waals surface area contributed by atoms with Crippen LogP contribution in [0.4, 0.5) is 5.69 Å². The Morgan fingerprint density at radius 3 is 2.36 bits per heavy atom. The molecule has 0 aliphatic carbocycles. The third kappa shape index (κ3) is 6.39. The molecule has 2 heterocycles. The van der Waals surface area contributed by atoms with E-state index in [2.05, 4.69) is 20.8 Å². The number of ether oxygens (including phenoxy) is 1. The Morgan fingerprint density at radius 2 is 1.62 bits per heavy atom. The van der Waals surface area contributed by atoms with Crippen LogP contribution in [0, 0.1) is 19.8 Å². The van der Waals surface area contributed by atoms with Gasteiger partial charge < -0.3 is 10.1 Å². The number of hydrogen-bond acceptors (Lipinski definition) is 9. The number of anilines is 1. The summed E-state index contributed by atoms with van der Waals surface area (Å²) < 4.78 is 30.0. The summed E-state index contributed by atoms with van der Waals surface area (Å²) in [5.41, 5.74) is 4.08. The Balaban J connectivity index is 1.66. The Kier molecular flexibility index (Phi) is 8.66. The summed E-state index contributed by atoms with van der Waals surface area (Å²) in [7, 11) is -4.31. The number of esters is 1. The number of cyclic esters (lactones) is 1. The molecule has 2 atom stereocenters.